The fourth-order valence-electron chi connectivity index (χ4n) is 4.88. The van der Waals surface area contributed by atoms with Crippen molar-refractivity contribution in [3.8, 4) is 16.9 Å². The number of carboxylic acids is 1. The van der Waals surface area contributed by atoms with Crippen molar-refractivity contribution in [2.24, 2.45) is 0 Å². The van der Waals surface area contributed by atoms with E-state index in [-0.39, 0.29) is 30.3 Å². The van der Waals surface area contributed by atoms with Crippen LogP contribution < -0.4 is 0 Å². The summed E-state index contributed by atoms with van der Waals surface area (Å²) in [5.41, 5.74) is 4.81. The number of imide groups is 1. The number of fused-ring (bicyclic) bond motifs is 3. The first kappa shape index (κ1) is 24.8. The van der Waals surface area contributed by atoms with Gasteiger partial charge in [-0.05, 0) is 52.1 Å². The molecule has 38 heavy (non-hydrogen) atoms. The minimum absolute atomic E-state index is 0.0226. The number of hydrogen-bond donors (Lipinski definition) is 2. The van der Waals surface area contributed by atoms with Gasteiger partial charge in [-0.2, -0.15) is 0 Å². The van der Waals surface area contributed by atoms with Crippen LogP contribution in [0.25, 0.3) is 11.1 Å². The van der Waals surface area contributed by atoms with Crippen molar-refractivity contribution in [2.45, 2.75) is 18.4 Å². The standard InChI is InChI=1S/C31H25NO6/c33-22-16-14-20(15-17-22)18-28(30(35)36)32(29(34)21-8-2-1-3-9-21)31(37)38-19-27-25-12-6-4-10-23(25)24-11-5-7-13-26(24)27/h1-17,27-28,33H,18-19H2,(H,35,36)/t28-/m0/s1. The molecular formula is C31H25NO6. The lowest BCUT2D eigenvalue weighted by Crippen LogP contribution is -2.50. The Morgan fingerprint density at radius 2 is 1.32 bits per heavy atom. The van der Waals surface area contributed by atoms with E-state index in [2.05, 4.69) is 0 Å². The van der Waals surface area contributed by atoms with E-state index in [9.17, 15) is 24.6 Å². The highest BCUT2D eigenvalue weighted by Gasteiger charge is 2.38. The number of phenols is 1. The number of ether oxygens (including phenoxy) is 1. The zero-order valence-corrected chi connectivity index (χ0v) is 20.4. The van der Waals surface area contributed by atoms with Gasteiger partial charge in [-0.3, -0.25) is 4.79 Å². The van der Waals surface area contributed by atoms with Crippen molar-refractivity contribution >= 4 is 18.0 Å². The largest absolute Gasteiger partial charge is 0.508 e. The van der Waals surface area contributed by atoms with Crippen molar-refractivity contribution in [1.82, 2.24) is 4.90 Å². The molecule has 0 heterocycles. The van der Waals surface area contributed by atoms with Crippen molar-refractivity contribution < 1.29 is 29.3 Å². The summed E-state index contributed by atoms with van der Waals surface area (Å²) in [6.45, 7) is -0.0586. The van der Waals surface area contributed by atoms with E-state index in [0.29, 0.717) is 10.5 Å². The van der Waals surface area contributed by atoms with Gasteiger partial charge in [0.25, 0.3) is 5.91 Å². The normalized spacial score (nSPS) is 12.7. The molecule has 4 aromatic carbocycles. The van der Waals surface area contributed by atoms with Crippen LogP contribution in [0.15, 0.2) is 103 Å². The van der Waals surface area contributed by atoms with Crippen LogP contribution in [0.3, 0.4) is 0 Å². The number of aromatic hydroxyl groups is 1. The highest BCUT2D eigenvalue weighted by atomic mass is 16.6. The summed E-state index contributed by atoms with van der Waals surface area (Å²) in [5, 5.41) is 19.7. The van der Waals surface area contributed by atoms with E-state index in [4.69, 9.17) is 4.74 Å². The van der Waals surface area contributed by atoms with Crippen LogP contribution in [0.2, 0.25) is 0 Å². The molecule has 0 saturated heterocycles. The number of aliphatic carboxylic acids is 1. The number of hydrogen-bond acceptors (Lipinski definition) is 5. The van der Waals surface area contributed by atoms with Gasteiger partial charge in [0.1, 0.15) is 18.4 Å². The number of rotatable bonds is 7. The zero-order chi connectivity index (χ0) is 26.6. The molecule has 0 radical (unpaired) electrons. The second-order valence-corrected chi connectivity index (χ2v) is 9.07. The number of benzene rings is 4. The van der Waals surface area contributed by atoms with Crippen molar-refractivity contribution in [3.05, 3.63) is 125 Å². The minimum atomic E-state index is -1.53. The van der Waals surface area contributed by atoms with E-state index >= 15 is 0 Å². The van der Waals surface area contributed by atoms with E-state index in [1.807, 2.05) is 48.5 Å². The molecule has 7 heteroatoms. The van der Waals surface area contributed by atoms with Crippen molar-refractivity contribution in [1.29, 1.82) is 0 Å². The number of phenolic OH excluding ortho intramolecular Hbond substituents is 1. The monoisotopic (exact) mass is 507 g/mol. The van der Waals surface area contributed by atoms with Gasteiger partial charge >= 0.3 is 12.1 Å². The van der Waals surface area contributed by atoms with Gasteiger partial charge in [0.05, 0.1) is 0 Å². The summed E-state index contributed by atoms with van der Waals surface area (Å²) in [7, 11) is 0. The highest BCUT2D eigenvalue weighted by molar-refractivity contribution is 6.05. The first-order chi connectivity index (χ1) is 18.4. The Balaban J connectivity index is 1.45. The maximum atomic E-state index is 13.5. The lowest BCUT2D eigenvalue weighted by Gasteiger charge is -2.27. The molecule has 0 aromatic heterocycles. The van der Waals surface area contributed by atoms with Crippen LogP contribution >= 0.6 is 0 Å². The topological polar surface area (TPSA) is 104 Å². The Hall–Kier alpha value is -4.91. The molecule has 0 fully saturated rings. The molecule has 0 unspecified atom stereocenters. The summed E-state index contributed by atoms with van der Waals surface area (Å²) < 4.78 is 5.70. The summed E-state index contributed by atoms with van der Waals surface area (Å²) in [4.78, 5) is 40.1. The SMILES string of the molecule is O=C(O)[C@H](Cc1ccc(O)cc1)N(C(=O)OCC1c2ccccc2-c2ccccc21)C(=O)c1ccccc1. The molecule has 1 atom stereocenters. The minimum Gasteiger partial charge on any atom is -0.508 e. The number of carbonyl (C=O) groups excluding carboxylic acids is 2. The third kappa shape index (κ3) is 4.86. The molecule has 5 rings (SSSR count). The number of carboxylic acid groups (broad SMARTS) is 1. The number of amides is 2. The molecule has 7 nitrogen and oxygen atoms in total. The summed E-state index contributed by atoms with van der Waals surface area (Å²) in [5.74, 6) is -2.35. The van der Waals surface area contributed by atoms with Gasteiger partial charge in [-0.25, -0.2) is 14.5 Å². The second-order valence-electron chi connectivity index (χ2n) is 9.07. The zero-order valence-electron chi connectivity index (χ0n) is 20.4. The average Bonchev–Trinajstić information content (AvgIpc) is 3.26. The Kier molecular flexibility index (Phi) is 6.91. The Bertz CT molecular complexity index is 1440. The molecule has 0 bridgehead atoms. The quantitative estimate of drug-likeness (QED) is 0.343. The third-order valence-electron chi connectivity index (χ3n) is 6.73. The lowest BCUT2D eigenvalue weighted by atomic mass is 9.98. The lowest BCUT2D eigenvalue weighted by molar-refractivity contribution is -0.141. The maximum Gasteiger partial charge on any atom is 0.417 e. The molecule has 0 saturated carbocycles. The fourth-order valence-corrected chi connectivity index (χ4v) is 4.88. The van der Waals surface area contributed by atoms with Gasteiger partial charge in [-0.15, -0.1) is 0 Å². The van der Waals surface area contributed by atoms with Gasteiger partial charge in [0, 0.05) is 17.9 Å². The van der Waals surface area contributed by atoms with Crippen molar-refractivity contribution in [3.63, 3.8) is 0 Å². The summed E-state index contributed by atoms with van der Waals surface area (Å²) in [6, 6.07) is 28.2. The highest BCUT2D eigenvalue weighted by Crippen LogP contribution is 2.44. The van der Waals surface area contributed by atoms with Crippen molar-refractivity contribution in [2.75, 3.05) is 6.61 Å². The van der Waals surface area contributed by atoms with Crippen LogP contribution in [0.4, 0.5) is 4.79 Å². The second kappa shape index (κ2) is 10.6. The molecule has 0 spiro atoms. The molecule has 0 aliphatic heterocycles. The van der Waals surface area contributed by atoms with E-state index < -0.39 is 24.0 Å². The van der Waals surface area contributed by atoms with Crippen LogP contribution in [0.5, 0.6) is 5.75 Å². The number of carbonyl (C=O) groups is 3. The predicted molar refractivity (Wildman–Crippen MR) is 141 cm³/mol. The molecule has 4 aromatic rings. The molecular weight excluding hydrogens is 482 g/mol. The Morgan fingerprint density at radius 3 is 1.89 bits per heavy atom. The molecule has 1 aliphatic carbocycles. The van der Waals surface area contributed by atoms with Crippen LogP contribution in [0, 0.1) is 0 Å². The van der Waals surface area contributed by atoms with E-state index in [1.165, 1.54) is 24.3 Å². The molecule has 2 N–H and O–H groups in total. The Morgan fingerprint density at radius 1 is 0.763 bits per heavy atom. The van der Waals surface area contributed by atoms with E-state index in [0.717, 1.165) is 22.3 Å². The van der Waals surface area contributed by atoms with Gasteiger partial charge in [0.2, 0.25) is 0 Å². The van der Waals surface area contributed by atoms with Crippen LogP contribution in [0.1, 0.15) is 33.0 Å². The van der Waals surface area contributed by atoms with Gasteiger partial charge in [-0.1, -0.05) is 78.9 Å². The smallest absolute Gasteiger partial charge is 0.417 e. The average molecular weight is 508 g/mol. The fraction of sp³-hybridized carbons (Fsp3) is 0.129. The predicted octanol–water partition coefficient (Wildman–Crippen LogP) is 5.48. The van der Waals surface area contributed by atoms with E-state index in [1.54, 1.807) is 30.3 Å². The summed E-state index contributed by atoms with van der Waals surface area (Å²) in [6.07, 6.45) is -1.19. The number of nitrogens with zero attached hydrogens (tertiary/aromatic N) is 1. The first-order valence-electron chi connectivity index (χ1n) is 12.2. The summed E-state index contributed by atoms with van der Waals surface area (Å²) >= 11 is 0. The first-order valence-corrected chi connectivity index (χ1v) is 12.2. The third-order valence-corrected chi connectivity index (χ3v) is 6.73. The molecule has 1 aliphatic rings. The van der Waals surface area contributed by atoms with Crippen LogP contribution in [-0.2, 0) is 16.0 Å². The van der Waals surface area contributed by atoms with Gasteiger partial charge in [0.15, 0.2) is 0 Å². The molecule has 190 valence electrons. The van der Waals surface area contributed by atoms with Gasteiger partial charge < -0.3 is 14.9 Å². The maximum absolute atomic E-state index is 13.5. The molecule has 2 amide bonds. The Labute approximate surface area is 219 Å². The van der Waals surface area contributed by atoms with Crippen LogP contribution in [-0.4, -0.2) is 45.7 Å².